The standard InChI is InChI=1S/C22H20N2O3.H2/c1-15-8-9-20-17(11-15)12-18(21(25)23-20)13-24(14-19-7-4-10-27-19)22(26)16-5-2-3-6-16;/h2-5,7-12H,6,13-14H2,1H3,(H,23,25);1H. The number of rotatable bonds is 5. The van der Waals surface area contributed by atoms with Crippen molar-refractivity contribution in [1.29, 1.82) is 0 Å². The molecule has 1 aromatic carbocycles. The van der Waals surface area contributed by atoms with E-state index in [9.17, 15) is 9.59 Å². The zero-order valence-corrected chi connectivity index (χ0v) is 15.1. The van der Waals surface area contributed by atoms with Gasteiger partial charge in [0, 0.05) is 18.1 Å². The Morgan fingerprint density at radius 2 is 2.15 bits per heavy atom. The molecule has 0 aliphatic heterocycles. The average Bonchev–Trinajstić information content (AvgIpc) is 3.35. The third-order valence-corrected chi connectivity index (χ3v) is 4.70. The van der Waals surface area contributed by atoms with Gasteiger partial charge in [0.05, 0.1) is 19.4 Å². The number of carbonyl (C=O) groups is 1. The molecule has 0 atom stereocenters. The number of hydrogen-bond acceptors (Lipinski definition) is 3. The number of benzene rings is 1. The molecule has 3 aromatic rings. The lowest BCUT2D eigenvalue weighted by Gasteiger charge is -2.22. The van der Waals surface area contributed by atoms with Gasteiger partial charge in [-0.25, -0.2) is 0 Å². The van der Waals surface area contributed by atoms with Gasteiger partial charge in [0.15, 0.2) is 0 Å². The van der Waals surface area contributed by atoms with Gasteiger partial charge in [0.2, 0.25) is 0 Å². The Hall–Kier alpha value is -3.34. The Balaban J connectivity index is 0.00000225. The molecule has 2 aromatic heterocycles. The fraction of sp³-hybridized carbons (Fsp3) is 0.182. The minimum absolute atomic E-state index is 0. The van der Waals surface area contributed by atoms with E-state index >= 15 is 0 Å². The summed E-state index contributed by atoms with van der Waals surface area (Å²) in [5, 5.41) is 0.955. The third kappa shape index (κ3) is 3.62. The number of carbonyl (C=O) groups excluding carboxylic acids is 1. The molecule has 1 N–H and O–H groups in total. The molecule has 138 valence electrons. The number of fused-ring (bicyclic) bond motifs is 1. The minimum Gasteiger partial charge on any atom is -0.467 e. The highest BCUT2D eigenvalue weighted by atomic mass is 16.3. The van der Waals surface area contributed by atoms with E-state index in [1.54, 1.807) is 17.2 Å². The Morgan fingerprint density at radius 3 is 2.89 bits per heavy atom. The quantitative estimate of drug-likeness (QED) is 0.743. The van der Waals surface area contributed by atoms with Crippen molar-refractivity contribution in [3.63, 3.8) is 0 Å². The van der Waals surface area contributed by atoms with Crippen molar-refractivity contribution in [3.05, 3.63) is 93.7 Å². The molecule has 5 nitrogen and oxygen atoms in total. The van der Waals surface area contributed by atoms with Gasteiger partial charge in [-0.2, -0.15) is 0 Å². The summed E-state index contributed by atoms with van der Waals surface area (Å²) in [6, 6.07) is 11.4. The summed E-state index contributed by atoms with van der Waals surface area (Å²) >= 11 is 0. The zero-order chi connectivity index (χ0) is 18.8. The second-order valence-corrected chi connectivity index (χ2v) is 6.78. The van der Waals surface area contributed by atoms with E-state index in [2.05, 4.69) is 4.98 Å². The molecule has 1 amide bonds. The molecule has 5 heteroatoms. The van der Waals surface area contributed by atoms with Gasteiger partial charge in [-0.3, -0.25) is 9.59 Å². The van der Waals surface area contributed by atoms with E-state index in [1.807, 2.05) is 55.5 Å². The summed E-state index contributed by atoms with van der Waals surface area (Å²) in [6.07, 6.45) is 7.85. The minimum atomic E-state index is -0.179. The first-order valence-corrected chi connectivity index (χ1v) is 8.90. The number of aromatic nitrogens is 1. The molecule has 2 heterocycles. The molecule has 27 heavy (non-hydrogen) atoms. The molecular weight excluding hydrogens is 340 g/mol. The van der Waals surface area contributed by atoms with Crippen LogP contribution >= 0.6 is 0 Å². The topological polar surface area (TPSA) is 66.3 Å². The van der Waals surface area contributed by atoms with E-state index in [4.69, 9.17) is 4.42 Å². The second kappa shape index (κ2) is 7.11. The van der Waals surface area contributed by atoms with Gasteiger partial charge in [0.25, 0.3) is 11.5 Å². The van der Waals surface area contributed by atoms with Crippen LogP contribution in [0.2, 0.25) is 0 Å². The smallest absolute Gasteiger partial charge is 0.253 e. The molecule has 0 saturated heterocycles. The van der Waals surface area contributed by atoms with Gasteiger partial charge in [-0.05, 0) is 49.1 Å². The summed E-state index contributed by atoms with van der Waals surface area (Å²) in [7, 11) is 0. The van der Waals surface area contributed by atoms with Gasteiger partial charge in [-0.15, -0.1) is 0 Å². The Kier molecular flexibility index (Phi) is 4.50. The monoisotopic (exact) mass is 362 g/mol. The fourth-order valence-corrected chi connectivity index (χ4v) is 3.29. The van der Waals surface area contributed by atoms with E-state index in [1.165, 1.54) is 0 Å². The van der Waals surface area contributed by atoms with Crippen LogP contribution in [-0.4, -0.2) is 15.8 Å². The number of nitrogens with one attached hydrogen (secondary N) is 1. The van der Waals surface area contributed by atoms with E-state index < -0.39 is 0 Å². The Morgan fingerprint density at radius 1 is 1.26 bits per heavy atom. The van der Waals surface area contributed by atoms with Crippen LogP contribution in [0.5, 0.6) is 0 Å². The van der Waals surface area contributed by atoms with Crippen molar-refractivity contribution in [2.75, 3.05) is 0 Å². The molecular formula is C22H22N2O3. The molecule has 0 unspecified atom stereocenters. The van der Waals surface area contributed by atoms with Crippen LogP contribution in [-0.2, 0) is 17.9 Å². The van der Waals surface area contributed by atoms with Crippen molar-refractivity contribution in [2.24, 2.45) is 0 Å². The molecule has 1 aliphatic rings. The summed E-state index contributed by atoms with van der Waals surface area (Å²) < 4.78 is 5.42. The molecule has 0 bridgehead atoms. The van der Waals surface area contributed by atoms with Crippen LogP contribution in [0.25, 0.3) is 10.9 Å². The lowest BCUT2D eigenvalue weighted by Crippen LogP contribution is -2.33. The summed E-state index contributed by atoms with van der Waals surface area (Å²) in [4.78, 5) is 30.1. The van der Waals surface area contributed by atoms with Crippen LogP contribution in [0, 0.1) is 6.92 Å². The van der Waals surface area contributed by atoms with Crippen molar-refractivity contribution in [2.45, 2.75) is 26.4 Å². The zero-order valence-electron chi connectivity index (χ0n) is 15.1. The largest absolute Gasteiger partial charge is 0.467 e. The van der Waals surface area contributed by atoms with Crippen molar-refractivity contribution in [1.82, 2.24) is 9.88 Å². The predicted molar refractivity (Wildman–Crippen MR) is 106 cm³/mol. The number of H-pyrrole nitrogens is 1. The number of furan rings is 1. The van der Waals surface area contributed by atoms with Gasteiger partial charge >= 0.3 is 0 Å². The van der Waals surface area contributed by atoms with Crippen LogP contribution in [0.1, 0.15) is 24.7 Å². The summed E-state index contributed by atoms with van der Waals surface area (Å²) in [6.45, 7) is 2.54. The first-order valence-electron chi connectivity index (χ1n) is 8.90. The number of amides is 1. The maximum atomic E-state index is 13.0. The number of pyridine rings is 1. The highest BCUT2D eigenvalue weighted by Gasteiger charge is 2.21. The number of nitrogens with zero attached hydrogens (tertiary/aromatic N) is 1. The Bertz CT molecular complexity index is 1110. The first kappa shape index (κ1) is 17.1. The maximum absolute atomic E-state index is 13.0. The van der Waals surface area contributed by atoms with Crippen molar-refractivity contribution < 1.29 is 10.6 Å². The third-order valence-electron chi connectivity index (χ3n) is 4.70. The number of aryl methyl sites for hydroxylation is 1. The highest BCUT2D eigenvalue weighted by Crippen LogP contribution is 2.19. The first-order chi connectivity index (χ1) is 13.1. The number of allylic oxidation sites excluding steroid dienone is 3. The molecule has 1 aliphatic carbocycles. The fourth-order valence-electron chi connectivity index (χ4n) is 3.29. The number of hydrogen-bond donors (Lipinski definition) is 1. The molecule has 4 rings (SSSR count). The molecule has 0 fully saturated rings. The molecule has 0 spiro atoms. The molecule has 0 radical (unpaired) electrons. The van der Waals surface area contributed by atoms with Crippen LogP contribution < -0.4 is 5.56 Å². The predicted octanol–water partition coefficient (Wildman–Crippen LogP) is 4.09. The van der Waals surface area contributed by atoms with E-state index in [0.717, 1.165) is 22.0 Å². The van der Waals surface area contributed by atoms with Crippen LogP contribution in [0.15, 0.2) is 75.7 Å². The van der Waals surface area contributed by atoms with Gasteiger partial charge in [0.1, 0.15) is 5.76 Å². The van der Waals surface area contributed by atoms with Crippen molar-refractivity contribution >= 4 is 16.8 Å². The van der Waals surface area contributed by atoms with Gasteiger partial charge in [-0.1, -0.05) is 29.9 Å². The second-order valence-electron chi connectivity index (χ2n) is 6.78. The van der Waals surface area contributed by atoms with Crippen LogP contribution in [0.3, 0.4) is 0 Å². The summed E-state index contributed by atoms with van der Waals surface area (Å²) in [5.41, 5.74) is 3.00. The summed E-state index contributed by atoms with van der Waals surface area (Å²) in [5.74, 6) is 0.600. The average molecular weight is 362 g/mol. The normalized spacial score (nSPS) is 13.1. The maximum Gasteiger partial charge on any atom is 0.253 e. The highest BCUT2D eigenvalue weighted by molar-refractivity contribution is 5.94. The van der Waals surface area contributed by atoms with Gasteiger partial charge < -0.3 is 14.3 Å². The lowest BCUT2D eigenvalue weighted by molar-refractivity contribution is -0.128. The lowest BCUT2D eigenvalue weighted by atomic mass is 10.1. The van der Waals surface area contributed by atoms with E-state index in [-0.39, 0.29) is 19.4 Å². The van der Waals surface area contributed by atoms with Crippen molar-refractivity contribution in [3.8, 4) is 0 Å². The SMILES string of the molecule is Cc1ccc2[nH]c(=O)c(CN(Cc3ccco3)C(=O)C3=CC=CC3)cc2c1.[HH]. The molecule has 0 saturated carbocycles. The van der Waals surface area contributed by atoms with Crippen LogP contribution in [0.4, 0.5) is 0 Å². The number of aromatic amines is 1. The van der Waals surface area contributed by atoms with E-state index in [0.29, 0.717) is 24.3 Å². The Labute approximate surface area is 158 Å².